The second-order valence-corrected chi connectivity index (χ2v) is 13.7. The molecule has 44 heavy (non-hydrogen) atoms. The van der Waals surface area contributed by atoms with Crippen LogP contribution in [0.25, 0.3) is 0 Å². The maximum Gasteiger partial charge on any atom is 0.296 e. The highest BCUT2D eigenvalue weighted by Gasteiger charge is 2.36. The van der Waals surface area contributed by atoms with Crippen molar-refractivity contribution in [3.8, 4) is 0 Å². The number of nitrogens with one attached hydrogen (secondary N) is 1. The van der Waals surface area contributed by atoms with Crippen LogP contribution < -0.4 is 16.0 Å². The Hall–Kier alpha value is -4.56. The molecule has 1 amide bonds. The summed E-state index contributed by atoms with van der Waals surface area (Å²) in [6.07, 6.45) is 0. The first-order valence-electron chi connectivity index (χ1n) is 12.9. The molecule has 4 aromatic carbocycles. The summed E-state index contributed by atoms with van der Waals surface area (Å²) >= 11 is 5.60. The maximum atomic E-state index is 13.5. The summed E-state index contributed by atoms with van der Waals surface area (Å²) in [7, 11) is -7.04. The van der Waals surface area contributed by atoms with E-state index in [1.165, 1.54) is 48.3 Å². The fourth-order valence-corrected chi connectivity index (χ4v) is 7.17. The van der Waals surface area contributed by atoms with E-state index in [0.717, 1.165) is 6.07 Å². The predicted molar refractivity (Wildman–Crippen MR) is 166 cm³/mol. The number of nitrogens with zero attached hydrogens (tertiary/aromatic N) is 1. The van der Waals surface area contributed by atoms with E-state index >= 15 is 0 Å². The van der Waals surface area contributed by atoms with Crippen molar-refractivity contribution in [1.29, 1.82) is 0 Å². The Morgan fingerprint density at radius 1 is 0.886 bits per heavy atom. The van der Waals surface area contributed by atoms with Crippen LogP contribution in [0.3, 0.4) is 0 Å². The van der Waals surface area contributed by atoms with Gasteiger partial charge in [-0.15, -0.1) is 11.6 Å². The van der Waals surface area contributed by atoms with Crippen molar-refractivity contribution >= 4 is 71.8 Å². The molecule has 0 unspecified atom stereocenters. The van der Waals surface area contributed by atoms with Crippen molar-refractivity contribution < 1.29 is 35.8 Å². The van der Waals surface area contributed by atoms with Crippen LogP contribution in [0.1, 0.15) is 42.2 Å². The Kier molecular flexibility index (Phi) is 8.07. The Bertz CT molecular complexity index is 2080. The van der Waals surface area contributed by atoms with Gasteiger partial charge in [0.2, 0.25) is 0 Å². The second-order valence-electron chi connectivity index (χ2n) is 9.84. The third-order valence-corrected chi connectivity index (χ3v) is 10.1. The van der Waals surface area contributed by atoms with Gasteiger partial charge in [-0.3, -0.25) is 18.9 Å². The van der Waals surface area contributed by atoms with Gasteiger partial charge in [0.05, 0.1) is 33.2 Å². The van der Waals surface area contributed by atoms with E-state index in [-0.39, 0.29) is 50.0 Å². The first-order valence-corrected chi connectivity index (χ1v) is 16.5. The van der Waals surface area contributed by atoms with E-state index in [9.17, 15) is 35.8 Å². The smallest absolute Gasteiger partial charge is 0.296 e. The molecule has 226 valence electrons. The first-order chi connectivity index (χ1) is 20.7. The zero-order valence-electron chi connectivity index (χ0n) is 22.9. The second kappa shape index (κ2) is 11.5. The van der Waals surface area contributed by atoms with Crippen molar-refractivity contribution in [2.24, 2.45) is 0 Å². The van der Waals surface area contributed by atoms with Gasteiger partial charge in [-0.25, -0.2) is 8.42 Å². The fraction of sp³-hybridized carbons (Fsp3) is 0.100. The van der Waals surface area contributed by atoms with E-state index in [1.807, 2.05) is 0 Å². The van der Waals surface area contributed by atoms with E-state index < -0.39 is 48.0 Å². The number of nitrogen functional groups attached to an aromatic ring is 1. The minimum atomic E-state index is -4.89. The first kappa shape index (κ1) is 30.9. The van der Waals surface area contributed by atoms with E-state index in [2.05, 4.69) is 5.32 Å². The number of hydrogen-bond acceptors (Lipinski definition) is 9. The Labute approximate surface area is 257 Å². The topological polar surface area (TPSA) is 181 Å². The number of alkyl halides is 1. The lowest BCUT2D eigenvalue weighted by molar-refractivity contribution is 0.0980. The molecule has 0 heterocycles. The van der Waals surface area contributed by atoms with Gasteiger partial charge in [-0.05, 0) is 48.5 Å². The van der Waals surface area contributed by atoms with E-state index in [1.54, 1.807) is 36.4 Å². The molecule has 1 aliphatic rings. The highest BCUT2D eigenvalue weighted by atomic mass is 35.5. The number of amides is 1. The molecule has 4 aromatic rings. The molecule has 0 atom stereocenters. The van der Waals surface area contributed by atoms with Crippen LogP contribution in [0, 0.1) is 0 Å². The molecule has 14 heteroatoms. The summed E-state index contributed by atoms with van der Waals surface area (Å²) in [5.41, 5.74) is 5.97. The molecule has 0 bridgehead atoms. The van der Waals surface area contributed by atoms with Gasteiger partial charge in [0.25, 0.3) is 16.0 Å². The number of hydrogen-bond donors (Lipinski definition) is 3. The number of ketones is 2. The summed E-state index contributed by atoms with van der Waals surface area (Å²) in [4.78, 5) is 40.6. The molecule has 5 rings (SSSR count). The molecule has 0 radical (unpaired) electrons. The van der Waals surface area contributed by atoms with E-state index in [4.69, 9.17) is 17.3 Å². The predicted octanol–water partition coefficient (Wildman–Crippen LogP) is 4.32. The third kappa shape index (κ3) is 5.57. The van der Waals surface area contributed by atoms with Crippen molar-refractivity contribution in [2.75, 3.05) is 34.6 Å². The number of carbonyl (C=O) groups excluding carboxylic acids is 3. The van der Waals surface area contributed by atoms with Gasteiger partial charge in [-0.2, -0.15) is 8.42 Å². The van der Waals surface area contributed by atoms with Gasteiger partial charge in [0.15, 0.2) is 21.4 Å². The summed E-state index contributed by atoms with van der Waals surface area (Å²) in [6, 6.07) is 18.9. The van der Waals surface area contributed by atoms with E-state index in [0.29, 0.717) is 11.4 Å². The number of anilines is 4. The summed E-state index contributed by atoms with van der Waals surface area (Å²) in [5.74, 6) is -2.08. The molecule has 0 aromatic heterocycles. The average molecular weight is 654 g/mol. The minimum absolute atomic E-state index is 0.0244. The van der Waals surface area contributed by atoms with Crippen molar-refractivity contribution in [3.63, 3.8) is 0 Å². The highest BCUT2D eigenvalue weighted by molar-refractivity contribution is 7.91. The normalized spacial score (nSPS) is 12.8. The van der Waals surface area contributed by atoms with Gasteiger partial charge in [-0.1, -0.05) is 30.3 Å². The van der Waals surface area contributed by atoms with Crippen LogP contribution in [-0.4, -0.2) is 57.5 Å². The Balaban J connectivity index is 1.48. The monoisotopic (exact) mass is 653 g/mol. The lowest BCUT2D eigenvalue weighted by Gasteiger charge is -2.24. The zero-order chi connectivity index (χ0) is 32.0. The minimum Gasteiger partial charge on any atom is -0.397 e. The van der Waals surface area contributed by atoms with Crippen molar-refractivity contribution in [3.05, 3.63) is 107 Å². The van der Waals surface area contributed by atoms with Crippen LogP contribution in [0.5, 0.6) is 0 Å². The lowest BCUT2D eigenvalue weighted by atomic mass is 9.82. The molecule has 11 nitrogen and oxygen atoms in total. The summed E-state index contributed by atoms with van der Waals surface area (Å²) in [5, 5.41) is 2.93. The van der Waals surface area contributed by atoms with Crippen LogP contribution in [0.15, 0.2) is 88.7 Å². The molecule has 1 aliphatic carbocycles. The molecule has 0 saturated carbocycles. The summed E-state index contributed by atoms with van der Waals surface area (Å²) < 4.78 is 59.0. The molecule has 0 spiro atoms. The zero-order valence-corrected chi connectivity index (χ0v) is 25.3. The maximum absolute atomic E-state index is 13.5. The number of sulfone groups is 1. The molecule has 4 N–H and O–H groups in total. The number of halogens is 1. The molecule has 0 aliphatic heterocycles. The number of carbonyl (C=O) groups is 3. The molecular formula is C30H24ClN3O8S2. The number of fused-ring (bicyclic) bond motifs is 2. The van der Waals surface area contributed by atoms with Gasteiger partial charge in [0.1, 0.15) is 4.90 Å². The highest BCUT2D eigenvalue weighted by Crippen LogP contribution is 2.40. The lowest BCUT2D eigenvalue weighted by Crippen LogP contribution is -2.26. The van der Waals surface area contributed by atoms with Crippen molar-refractivity contribution in [1.82, 2.24) is 0 Å². The van der Waals surface area contributed by atoms with Crippen LogP contribution in [0.2, 0.25) is 0 Å². The molecular weight excluding hydrogens is 630 g/mol. The Morgan fingerprint density at radius 2 is 1.50 bits per heavy atom. The van der Waals surface area contributed by atoms with Gasteiger partial charge < -0.3 is 16.0 Å². The average Bonchev–Trinajstić information content (AvgIpc) is 2.99. The fourth-order valence-electron chi connectivity index (χ4n) is 4.88. The van der Waals surface area contributed by atoms with Crippen molar-refractivity contribution in [2.45, 2.75) is 9.79 Å². The number of nitrogens with two attached hydrogens (primary N) is 1. The van der Waals surface area contributed by atoms with Gasteiger partial charge >= 0.3 is 0 Å². The number of benzene rings is 4. The van der Waals surface area contributed by atoms with Gasteiger partial charge in [0, 0.05) is 41.0 Å². The third-order valence-electron chi connectivity index (χ3n) is 7.10. The Morgan fingerprint density at radius 3 is 2.09 bits per heavy atom. The van der Waals surface area contributed by atoms with Crippen LogP contribution in [-0.2, 0) is 20.0 Å². The standard InChI is InChI=1S/C30H24ClN3O8S2/c1-34(30(37)17-5-4-6-20(15-17)43(38,39)14-13-31)19-11-9-18(10-12-19)33-23-16-24(44(40,41)42)27(32)26-25(23)28(35)21-7-2-3-8-22(21)29(26)36/h2-12,15-16,33H,13-14,32H2,1H3,(H,40,41,42). The number of rotatable bonds is 8. The van der Waals surface area contributed by atoms with Crippen LogP contribution in [0.4, 0.5) is 22.7 Å². The molecule has 0 fully saturated rings. The summed E-state index contributed by atoms with van der Waals surface area (Å²) in [6.45, 7) is 0. The largest absolute Gasteiger partial charge is 0.397 e. The quantitative estimate of drug-likeness (QED) is 0.124. The SMILES string of the molecule is CN(C(=O)c1cccc(S(=O)(=O)CCCl)c1)c1ccc(Nc2cc(S(=O)(=O)O)c(N)c3c2C(=O)c2ccccc2C3=O)cc1. The molecule has 0 saturated heterocycles. The van der Waals surface area contributed by atoms with Crippen LogP contribution >= 0.6 is 11.6 Å².